The van der Waals surface area contributed by atoms with Gasteiger partial charge in [-0.15, -0.1) is 0 Å². The molecule has 0 aliphatic heterocycles. The van der Waals surface area contributed by atoms with Crippen LogP contribution in [-0.2, 0) is 0 Å². The highest BCUT2D eigenvalue weighted by molar-refractivity contribution is 5.39. The minimum absolute atomic E-state index is 0.0125. The van der Waals surface area contributed by atoms with E-state index in [1.165, 1.54) is 0 Å². The van der Waals surface area contributed by atoms with E-state index in [-0.39, 0.29) is 6.04 Å². The average Bonchev–Trinajstić information content (AvgIpc) is 2.43. The molecular formula is C14H17N3O. The summed E-state index contributed by atoms with van der Waals surface area (Å²) >= 11 is 0. The lowest BCUT2D eigenvalue weighted by Crippen LogP contribution is -2.20. The molecule has 0 spiro atoms. The molecule has 0 fully saturated rings. The highest BCUT2D eigenvalue weighted by Gasteiger charge is 2.17. The largest absolute Gasteiger partial charge is 0.494 e. The predicted octanol–water partition coefficient (Wildman–Crippen LogP) is 2.18. The number of nitrogens with zero attached hydrogens (tertiary/aromatic N) is 2. The summed E-state index contributed by atoms with van der Waals surface area (Å²) in [6, 6.07) is 7.97. The fourth-order valence-electron chi connectivity index (χ4n) is 1.93. The molecule has 0 amide bonds. The highest BCUT2D eigenvalue weighted by atomic mass is 16.5. The Hall–Kier alpha value is -1.94. The molecule has 0 aliphatic rings. The molecule has 1 unspecified atom stereocenters. The molecule has 18 heavy (non-hydrogen) atoms. The SMILES string of the molecule is CCOc1ccccc1C(NC)c1cnccn1. The Morgan fingerprint density at radius 2 is 2.11 bits per heavy atom. The summed E-state index contributed by atoms with van der Waals surface area (Å²) in [5.74, 6) is 0.880. The molecule has 1 N–H and O–H groups in total. The number of hydrogen-bond donors (Lipinski definition) is 1. The molecule has 94 valence electrons. The molecule has 1 aromatic carbocycles. The fraction of sp³-hybridized carbons (Fsp3) is 0.286. The van der Waals surface area contributed by atoms with Crippen LogP contribution in [-0.4, -0.2) is 23.6 Å². The minimum Gasteiger partial charge on any atom is -0.494 e. The molecule has 1 heterocycles. The smallest absolute Gasteiger partial charge is 0.124 e. The number of rotatable bonds is 5. The van der Waals surface area contributed by atoms with Gasteiger partial charge in [-0.2, -0.15) is 0 Å². The van der Waals surface area contributed by atoms with Crippen molar-refractivity contribution in [2.45, 2.75) is 13.0 Å². The van der Waals surface area contributed by atoms with Crippen LogP contribution in [0.4, 0.5) is 0 Å². The second-order valence-corrected chi connectivity index (χ2v) is 3.82. The maximum atomic E-state index is 5.65. The van der Waals surface area contributed by atoms with Crippen molar-refractivity contribution in [3.8, 4) is 5.75 Å². The molecule has 0 aliphatic carbocycles. The first-order valence-electron chi connectivity index (χ1n) is 6.01. The summed E-state index contributed by atoms with van der Waals surface area (Å²) in [6.45, 7) is 2.63. The third-order valence-electron chi connectivity index (χ3n) is 2.70. The lowest BCUT2D eigenvalue weighted by molar-refractivity contribution is 0.334. The van der Waals surface area contributed by atoms with Crippen molar-refractivity contribution in [3.05, 3.63) is 54.1 Å². The summed E-state index contributed by atoms with van der Waals surface area (Å²) in [5.41, 5.74) is 1.95. The zero-order chi connectivity index (χ0) is 12.8. The number of ether oxygens (including phenoxy) is 1. The van der Waals surface area contributed by atoms with E-state index in [9.17, 15) is 0 Å². The number of aromatic nitrogens is 2. The van der Waals surface area contributed by atoms with Crippen molar-refractivity contribution in [1.82, 2.24) is 15.3 Å². The predicted molar refractivity (Wildman–Crippen MR) is 70.5 cm³/mol. The van der Waals surface area contributed by atoms with E-state index in [1.54, 1.807) is 18.6 Å². The van der Waals surface area contributed by atoms with Crippen molar-refractivity contribution in [2.24, 2.45) is 0 Å². The van der Waals surface area contributed by atoms with Crippen molar-refractivity contribution >= 4 is 0 Å². The van der Waals surface area contributed by atoms with Gasteiger partial charge in [0.25, 0.3) is 0 Å². The van der Waals surface area contributed by atoms with Crippen LogP contribution in [0, 0.1) is 0 Å². The first kappa shape index (κ1) is 12.5. The van der Waals surface area contributed by atoms with E-state index in [0.29, 0.717) is 6.61 Å². The van der Waals surface area contributed by atoms with E-state index in [0.717, 1.165) is 17.0 Å². The lowest BCUT2D eigenvalue weighted by atomic mass is 10.0. The van der Waals surface area contributed by atoms with Gasteiger partial charge in [0, 0.05) is 18.0 Å². The fourth-order valence-corrected chi connectivity index (χ4v) is 1.93. The van der Waals surface area contributed by atoms with Gasteiger partial charge < -0.3 is 10.1 Å². The molecule has 1 atom stereocenters. The van der Waals surface area contributed by atoms with E-state index >= 15 is 0 Å². The van der Waals surface area contributed by atoms with Crippen LogP contribution >= 0.6 is 0 Å². The van der Waals surface area contributed by atoms with Crippen molar-refractivity contribution < 1.29 is 4.74 Å². The Bertz CT molecular complexity index is 487. The monoisotopic (exact) mass is 243 g/mol. The number of nitrogens with one attached hydrogen (secondary N) is 1. The van der Waals surface area contributed by atoms with Crippen LogP contribution < -0.4 is 10.1 Å². The van der Waals surface area contributed by atoms with Gasteiger partial charge in [0.2, 0.25) is 0 Å². The topological polar surface area (TPSA) is 47.0 Å². The second-order valence-electron chi connectivity index (χ2n) is 3.82. The first-order chi connectivity index (χ1) is 8.86. The molecule has 0 bridgehead atoms. The van der Waals surface area contributed by atoms with Crippen molar-refractivity contribution in [3.63, 3.8) is 0 Å². The van der Waals surface area contributed by atoms with Gasteiger partial charge in [0.05, 0.1) is 24.5 Å². The van der Waals surface area contributed by atoms with Gasteiger partial charge in [-0.3, -0.25) is 9.97 Å². The molecule has 0 radical (unpaired) electrons. The van der Waals surface area contributed by atoms with Gasteiger partial charge in [0.15, 0.2) is 0 Å². The standard InChI is InChI=1S/C14H17N3O/c1-3-18-13-7-5-4-6-11(13)14(15-2)12-10-16-8-9-17-12/h4-10,14-15H,3H2,1-2H3. The van der Waals surface area contributed by atoms with E-state index in [4.69, 9.17) is 4.74 Å². The summed E-state index contributed by atoms with van der Waals surface area (Å²) in [5, 5.41) is 3.25. The number of benzene rings is 1. The van der Waals surface area contributed by atoms with Crippen LogP contribution in [0.2, 0.25) is 0 Å². The van der Waals surface area contributed by atoms with E-state index in [1.807, 2.05) is 38.2 Å². The van der Waals surface area contributed by atoms with Crippen LogP contribution in [0.5, 0.6) is 5.75 Å². The molecule has 0 saturated heterocycles. The van der Waals surface area contributed by atoms with Crippen LogP contribution in [0.25, 0.3) is 0 Å². The molecule has 4 nitrogen and oxygen atoms in total. The summed E-state index contributed by atoms with van der Waals surface area (Å²) in [7, 11) is 1.90. The summed E-state index contributed by atoms with van der Waals surface area (Å²) < 4.78 is 5.65. The highest BCUT2D eigenvalue weighted by Crippen LogP contribution is 2.28. The third kappa shape index (κ3) is 2.65. The third-order valence-corrected chi connectivity index (χ3v) is 2.70. The molecule has 2 rings (SSSR count). The Morgan fingerprint density at radius 3 is 2.78 bits per heavy atom. The quantitative estimate of drug-likeness (QED) is 0.874. The van der Waals surface area contributed by atoms with Crippen molar-refractivity contribution in [2.75, 3.05) is 13.7 Å². The van der Waals surface area contributed by atoms with Crippen LogP contribution in [0.3, 0.4) is 0 Å². The summed E-state index contributed by atoms with van der Waals surface area (Å²) in [6.07, 6.45) is 5.14. The normalized spacial score (nSPS) is 12.1. The summed E-state index contributed by atoms with van der Waals surface area (Å²) in [4.78, 5) is 8.46. The van der Waals surface area contributed by atoms with Gasteiger partial charge in [-0.25, -0.2) is 0 Å². The molecule has 4 heteroatoms. The zero-order valence-corrected chi connectivity index (χ0v) is 10.6. The van der Waals surface area contributed by atoms with E-state index < -0.39 is 0 Å². The number of hydrogen-bond acceptors (Lipinski definition) is 4. The second kappa shape index (κ2) is 6.12. The maximum Gasteiger partial charge on any atom is 0.124 e. The average molecular weight is 243 g/mol. The Labute approximate surface area is 107 Å². The van der Waals surface area contributed by atoms with Gasteiger partial charge >= 0.3 is 0 Å². The Morgan fingerprint density at radius 1 is 1.28 bits per heavy atom. The minimum atomic E-state index is -0.0125. The Balaban J connectivity index is 2.39. The molecular weight excluding hydrogens is 226 g/mol. The van der Waals surface area contributed by atoms with Crippen LogP contribution in [0.15, 0.2) is 42.9 Å². The number of para-hydroxylation sites is 1. The van der Waals surface area contributed by atoms with Crippen molar-refractivity contribution in [1.29, 1.82) is 0 Å². The van der Waals surface area contributed by atoms with Crippen LogP contribution in [0.1, 0.15) is 24.2 Å². The van der Waals surface area contributed by atoms with E-state index in [2.05, 4.69) is 15.3 Å². The molecule has 2 aromatic rings. The first-order valence-corrected chi connectivity index (χ1v) is 6.01. The van der Waals surface area contributed by atoms with Gasteiger partial charge in [-0.05, 0) is 20.0 Å². The lowest BCUT2D eigenvalue weighted by Gasteiger charge is -2.19. The maximum absolute atomic E-state index is 5.65. The molecule has 0 saturated carbocycles. The van der Waals surface area contributed by atoms with Gasteiger partial charge in [-0.1, -0.05) is 18.2 Å². The van der Waals surface area contributed by atoms with Gasteiger partial charge in [0.1, 0.15) is 5.75 Å². The molecule has 1 aromatic heterocycles. The zero-order valence-electron chi connectivity index (χ0n) is 10.6. The Kier molecular flexibility index (Phi) is 4.25.